The Kier molecular flexibility index (Phi) is 11.9. The molecule has 19 nitrogen and oxygen atoms in total. The van der Waals surface area contributed by atoms with Gasteiger partial charge in [-0.15, -0.1) is 0 Å². The second-order valence-corrected chi connectivity index (χ2v) is 13.0. The Bertz CT molecular complexity index is 1750. The van der Waals surface area contributed by atoms with E-state index in [1.54, 1.807) is 24.3 Å². The summed E-state index contributed by atoms with van der Waals surface area (Å²) in [5.74, 6) is -0.0559. The molecule has 15 atom stereocenters. The standard InChI is InChI=1S/C34H42O19/c1-12-23(38)26(41)30(45)33(48-12)53-31-28(43)25(40)21(11-47-32-29(44)27(42)24(39)20(10-35)51-32)52-34(31)49-15-7-16(36)22-17(37)9-18(50-19(22)8-15)13-3-5-14(46-2)6-4-13/h3-9,12,20-21,23-36,38-45H,10-11H2,1-2H3/t12-,20+,21+,23-,24+,25+,26+,27-,28-,29+,30+,31+,32+,33-,34+/m0/s1. The molecule has 2 aromatic carbocycles. The molecule has 0 amide bonds. The van der Waals surface area contributed by atoms with E-state index in [2.05, 4.69) is 0 Å². The van der Waals surface area contributed by atoms with Gasteiger partial charge in [-0.2, -0.15) is 0 Å². The van der Waals surface area contributed by atoms with Crippen molar-refractivity contribution in [3.8, 4) is 28.6 Å². The minimum Gasteiger partial charge on any atom is -0.507 e. The zero-order valence-corrected chi connectivity index (χ0v) is 28.3. The molecule has 6 rings (SSSR count). The number of ether oxygens (including phenoxy) is 7. The van der Waals surface area contributed by atoms with Crippen molar-refractivity contribution in [2.75, 3.05) is 20.3 Å². The van der Waals surface area contributed by atoms with Crippen molar-refractivity contribution < 1.29 is 88.6 Å². The number of rotatable bonds is 10. The zero-order valence-electron chi connectivity index (χ0n) is 28.3. The number of phenolic OH excluding ortho intramolecular Hbond substituents is 1. The molecule has 0 saturated carbocycles. The Balaban J connectivity index is 1.30. The first-order valence-electron chi connectivity index (χ1n) is 16.6. The number of fused-ring (bicyclic) bond motifs is 1. The normalized spacial score (nSPS) is 37.8. The first-order chi connectivity index (χ1) is 25.2. The molecule has 1 aromatic heterocycles. The summed E-state index contributed by atoms with van der Waals surface area (Å²) in [6.45, 7) is 0.00675. The first kappa shape index (κ1) is 39.2. The average molecular weight is 755 g/mol. The third-order valence-electron chi connectivity index (χ3n) is 9.43. The van der Waals surface area contributed by atoms with Crippen molar-refractivity contribution in [3.05, 3.63) is 52.7 Å². The van der Waals surface area contributed by atoms with Crippen LogP contribution in [0.15, 0.2) is 51.7 Å². The molecule has 0 aliphatic carbocycles. The SMILES string of the molecule is COc1ccc(-c2cc(=O)c3c(O)cc(O[C@@H]4O[C@H](CO[C@@H]5O[C@H](CO)[C@@H](O)[C@H](O)[C@H]5O)[C@@H](O)[C@H](O)[C@H]4O[C@@H]4O[C@@H](C)[C@H](O)[C@@H](O)[C@H]4O)cc3o2)cc1. The van der Waals surface area contributed by atoms with E-state index in [-0.39, 0.29) is 22.5 Å². The number of aliphatic hydroxyl groups is 9. The highest BCUT2D eigenvalue weighted by atomic mass is 16.8. The fourth-order valence-corrected chi connectivity index (χ4v) is 6.30. The van der Waals surface area contributed by atoms with Crippen LogP contribution in [0.3, 0.4) is 0 Å². The molecule has 3 fully saturated rings. The van der Waals surface area contributed by atoms with Crippen LogP contribution in [0.2, 0.25) is 0 Å². The maximum Gasteiger partial charge on any atom is 0.229 e. The van der Waals surface area contributed by atoms with E-state index in [1.807, 2.05) is 0 Å². The molecule has 292 valence electrons. The number of hydrogen-bond acceptors (Lipinski definition) is 19. The number of methoxy groups -OCH3 is 1. The van der Waals surface area contributed by atoms with E-state index < -0.39 is 117 Å². The van der Waals surface area contributed by atoms with Crippen molar-refractivity contribution in [1.29, 1.82) is 0 Å². The molecule has 4 heterocycles. The Morgan fingerprint density at radius 2 is 1.34 bits per heavy atom. The summed E-state index contributed by atoms with van der Waals surface area (Å²) in [5, 5.41) is 104. The van der Waals surface area contributed by atoms with Crippen molar-refractivity contribution in [1.82, 2.24) is 0 Å². The van der Waals surface area contributed by atoms with Crippen molar-refractivity contribution in [2.45, 2.75) is 99.0 Å². The molecular formula is C34H42O19. The minimum atomic E-state index is -1.92. The van der Waals surface area contributed by atoms with E-state index in [1.165, 1.54) is 26.2 Å². The van der Waals surface area contributed by atoms with Gasteiger partial charge in [0, 0.05) is 23.8 Å². The Morgan fingerprint density at radius 1 is 0.698 bits per heavy atom. The molecule has 0 radical (unpaired) electrons. The predicted molar refractivity (Wildman–Crippen MR) is 174 cm³/mol. The fourth-order valence-electron chi connectivity index (χ4n) is 6.30. The molecule has 0 bridgehead atoms. The Labute approximate surface area is 300 Å². The van der Waals surface area contributed by atoms with E-state index in [0.717, 1.165) is 6.07 Å². The van der Waals surface area contributed by atoms with E-state index in [9.17, 15) is 55.9 Å². The number of benzene rings is 2. The van der Waals surface area contributed by atoms with Crippen molar-refractivity contribution in [3.63, 3.8) is 0 Å². The van der Waals surface area contributed by atoms with Crippen LogP contribution in [-0.2, 0) is 23.7 Å². The monoisotopic (exact) mass is 754 g/mol. The third-order valence-corrected chi connectivity index (χ3v) is 9.43. The molecule has 3 saturated heterocycles. The lowest BCUT2D eigenvalue weighted by Gasteiger charge is -2.46. The van der Waals surface area contributed by atoms with Gasteiger partial charge < -0.3 is 88.6 Å². The average Bonchev–Trinajstić information content (AvgIpc) is 3.14. The molecule has 0 unspecified atom stereocenters. The topological polar surface area (TPSA) is 297 Å². The summed E-state index contributed by atoms with van der Waals surface area (Å²) >= 11 is 0. The maximum atomic E-state index is 13.1. The molecule has 19 heteroatoms. The van der Waals surface area contributed by atoms with Gasteiger partial charge >= 0.3 is 0 Å². The van der Waals surface area contributed by atoms with Crippen LogP contribution in [-0.4, -0.2) is 164 Å². The Morgan fingerprint density at radius 3 is 2.02 bits per heavy atom. The second-order valence-electron chi connectivity index (χ2n) is 13.0. The largest absolute Gasteiger partial charge is 0.507 e. The summed E-state index contributed by atoms with van der Waals surface area (Å²) in [7, 11) is 1.49. The number of aliphatic hydroxyl groups excluding tert-OH is 9. The number of phenols is 1. The molecule has 0 spiro atoms. The number of hydrogen-bond donors (Lipinski definition) is 10. The minimum absolute atomic E-state index is 0.119. The van der Waals surface area contributed by atoms with Crippen LogP contribution in [0.1, 0.15) is 6.92 Å². The van der Waals surface area contributed by atoms with Gasteiger partial charge in [-0.25, -0.2) is 0 Å². The van der Waals surface area contributed by atoms with Gasteiger partial charge in [0.15, 0.2) is 24.1 Å². The summed E-state index contributed by atoms with van der Waals surface area (Å²) in [5.41, 5.74) is -0.197. The van der Waals surface area contributed by atoms with Crippen LogP contribution in [0.5, 0.6) is 17.2 Å². The van der Waals surface area contributed by atoms with Gasteiger partial charge in [0.2, 0.25) is 6.29 Å². The molecule has 10 N–H and O–H groups in total. The summed E-state index contributed by atoms with van der Waals surface area (Å²) in [6.07, 6.45) is -24.7. The summed E-state index contributed by atoms with van der Waals surface area (Å²) < 4.78 is 45.3. The van der Waals surface area contributed by atoms with E-state index >= 15 is 0 Å². The van der Waals surface area contributed by atoms with Crippen molar-refractivity contribution >= 4 is 11.0 Å². The lowest BCUT2D eigenvalue weighted by Crippen LogP contribution is -2.65. The van der Waals surface area contributed by atoms with Crippen LogP contribution in [0, 0.1) is 0 Å². The summed E-state index contributed by atoms with van der Waals surface area (Å²) in [6, 6.07) is 10.1. The third kappa shape index (κ3) is 7.86. The van der Waals surface area contributed by atoms with Crippen molar-refractivity contribution in [2.24, 2.45) is 0 Å². The smallest absolute Gasteiger partial charge is 0.229 e. The highest BCUT2D eigenvalue weighted by Gasteiger charge is 2.52. The van der Waals surface area contributed by atoms with Gasteiger partial charge in [-0.3, -0.25) is 4.79 Å². The molecule has 3 aromatic rings. The van der Waals surface area contributed by atoms with Gasteiger partial charge in [0.05, 0.1) is 26.4 Å². The summed E-state index contributed by atoms with van der Waals surface area (Å²) in [4.78, 5) is 13.1. The quantitative estimate of drug-likeness (QED) is 0.0988. The van der Waals surface area contributed by atoms with Gasteiger partial charge in [0.25, 0.3) is 0 Å². The molecule has 3 aliphatic rings. The van der Waals surface area contributed by atoms with Gasteiger partial charge in [-0.05, 0) is 31.2 Å². The lowest BCUT2D eigenvalue weighted by molar-refractivity contribution is -0.360. The molecular weight excluding hydrogens is 712 g/mol. The van der Waals surface area contributed by atoms with E-state index in [4.69, 9.17) is 37.6 Å². The molecule has 3 aliphatic heterocycles. The zero-order chi connectivity index (χ0) is 38.3. The second kappa shape index (κ2) is 16.1. The maximum absolute atomic E-state index is 13.1. The van der Waals surface area contributed by atoms with Crippen LogP contribution in [0.4, 0.5) is 0 Å². The van der Waals surface area contributed by atoms with Gasteiger partial charge in [0.1, 0.15) is 95.0 Å². The van der Waals surface area contributed by atoms with Crippen LogP contribution >= 0.6 is 0 Å². The van der Waals surface area contributed by atoms with Gasteiger partial charge in [-0.1, -0.05) is 0 Å². The van der Waals surface area contributed by atoms with E-state index in [0.29, 0.717) is 11.3 Å². The first-order valence-corrected chi connectivity index (χ1v) is 16.6. The number of aromatic hydroxyl groups is 1. The fraction of sp³-hybridized carbons (Fsp3) is 0.559. The highest BCUT2D eigenvalue weighted by molar-refractivity contribution is 5.86. The Hall–Kier alpha value is -3.51. The molecule has 53 heavy (non-hydrogen) atoms. The lowest BCUT2D eigenvalue weighted by atomic mass is 9.97. The highest BCUT2D eigenvalue weighted by Crippen LogP contribution is 2.35. The predicted octanol–water partition coefficient (Wildman–Crippen LogP) is -2.97. The van der Waals surface area contributed by atoms with Crippen LogP contribution in [0.25, 0.3) is 22.3 Å². The van der Waals surface area contributed by atoms with Crippen LogP contribution < -0.4 is 14.9 Å².